The van der Waals surface area contributed by atoms with Crippen LogP contribution in [0.3, 0.4) is 0 Å². The van der Waals surface area contributed by atoms with Crippen molar-refractivity contribution < 1.29 is 9.59 Å². The quantitative estimate of drug-likeness (QED) is 0.702. The van der Waals surface area contributed by atoms with E-state index in [2.05, 4.69) is 5.32 Å². The highest BCUT2D eigenvalue weighted by molar-refractivity contribution is 5.88. The zero-order valence-corrected chi connectivity index (χ0v) is 11.6. The molecule has 0 aliphatic carbocycles. The number of primary amides is 1. The van der Waals surface area contributed by atoms with Crippen molar-refractivity contribution in [3.8, 4) is 0 Å². The normalized spacial score (nSPS) is 12.8. The summed E-state index contributed by atoms with van der Waals surface area (Å²) in [5.74, 6) is -0.762. The van der Waals surface area contributed by atoms with Crippen LogP contribution in [0.2, 0.25) is 0 Å². The predicted molar refractivity (Wildman–Crippen MR) is 75.1 cm³/mol. The number of nitrogens with one attached hydrogen (secondary N) is 1. The first-order chi connectivity index (χ1) is 8.70. The molecule has 5 nitrogen and oxygen atoms in total. The van der Waals surface area contributed by atoms with Crippen molar-refractivity contribution in [3.63, 3.8) is 0 Å². The van der Waals surface area contributed by atoms with Crippen LogP contribution in [-0.4, -0.2) is 17.9 Å². The van der Waals surface area contributed by atoms with Gasteiger partial charge in [0.15, 0.2) is 0 Å². The van der Waals surface area contributed by atoms with Gasteiger partial charge in [0.1, 0.15) is 6.04 Å². The third-order valence-corrected chi connectivity index (χ3v) is 2.80. The predicted octanol–water partition coefficient (Wildman–Crippen LogP) is 0.828. The van der Waals surface area contributed by atoms with E-state index in [-0.39, 0.29) is 12.3 Å². The second kappa shape index (κ2) is 5.73. The Hall–Kier alpha value is -2.04. The molecule has 0 saturated carbocycles. The SMILES string of the molecule is CC(C)(C)C(NC(=O)Cc1ccc(N)cc1)C(N)=O. The summed E-state index contributed by atoms with van der Waals surface area (Å²) in [5, 5.41) is 2.67. The number of amides is 2. The van der Waals surface area contributed by atoms with Gasteiger partial charge in [0, 0.05) is 5.69 Å². The van der Waals surface area contributed by atoms with Crippen LogP contribution in [0.25, 0.3) is 0 Å². The van der Waals surface area contributed by atoms with Crippen molar-refractivity contribution >= 4 is 17.5 Å². The second-order valence-electron chi connectivity index (χ2n) is 5.69. The van der Waals surface area contributed by atoms with Gasteiger partial charge < -0.3 is 16.8 Å². The van der Waals surface area contributed by atoms with Crippen LogP contribution in [0, 0.1) is 5.41 Å². The summed E-state index contributed by atoms with van der Waals surface area (Å²) in [6, 6.07) is 6.35. The molecule has 1 aromatic carbocycles. The van der Waals surface area contributed by atoms with Crippen LogP contribution in [0.15, 0.2) is 24.3 Å². The Balaban J connectivity index is 2.68. The van der Waals surface area contributed by atoms with E-state index in [4.69, 9.17) is 11.5 Å². The van der Waals surface area contributed by atoms with Gasteiger partial charge in [0.2, 0.25) is 11.8 Å². The van der Waals surface area contributed by atoms with Gasteiger partial charge >= 0.3 is 0 Å². The fourth-order valence-electron chi connectivity index (χ4n) is 1.75. The molecule has 0 spiro atoms. The van der Waals surface area contributed by atoms with Gasteiger partial charge in [-0.1, -0.05) is 32.9 Å². The fraction of sp³-hybridized carbons (Fsp3) is 0.429. The Morgan fingerprint density at radius 2 is 1.74 bits per heavy atom. The molecule has 19 heavy (non-hydrogen) atoms. The van der Waals surface area contributed by atoms with Crippen LogP contribution in [0.4, 0.5) is 5.69 Å². The third kappa shape index (κ3) is 4.62. The van der Waals surface area contributed by atoms with Crippen molar-refractivity contribution in [2.45, 2.75) is 33.2 Å². The van der Waals surface area contributed by atoms with Crippen LogP contribution >= 0.6 is 0 Å². The standard InChI is InChI=1S/C14H21N3O2/c1-14(2,3)12(13(16)19)17-11(18)8-9-4-6-10(15)7-5-9/h4-7,12H,8,15H2,1-3H3,(H2,16,19)(H,17,18). The average Bonchev–Trinajstić information content (AvgIpc) is 2.27. The molecular formula is C14H21N3O2. The molecular weight excluding hydrogens is 242 g/mol. The maximum Gasteiger partial charge on any atom is 0.240 e. The molecule has 0 radical (unpaired) electrons. The van der Waals surface area contributed by atoms with E-state index in [1.54, 1.807) is 24.3 Å². The molecule has 5 heteroatoms. The van der Waals surface area contributed by atoms with E-state index in [1.165, 1.54) is 0 Å². The molecule has 2 amide bonds. The van der Waals surface area contributed by atoms with Gasteiger partial charge in [0.25, 0.3) is 0 Å². The van der Waals surface area contributed by atoms with Crippen LogP contribution in [0.5, 0.6) is 0 Å². The summed E-state index contributed by atoms with van der Waals surface area (Å²) >= 11 is 0. The first-order valence-electron chi connectivity index (χ1n) is 6.13. The minimum Gasteiger partial charge on any atom is -0.399 e. The van der Waals surface area contributed by atoms with E-state index >= 15 is 0 Å². The summed E-state index contributed by atoms with van der Waals surface area (Å²) in [6.07, 6.45) is 0.195. The Kier molecular flexibility index (Phi) is 4.53. The highest BCUT2D eigenvalue weighted by atomic mass is 16.2. The summed E-state index contributed by atoms with van der Waals surface area (Å²) < 4.78 is 0. The molecule has 0 heterocycles. The summed E-state index contributed by atoms with van der Waals surface area (Å²) in [5.41, 5.74) is 12.0. The maximum atomic E-state index is 11.9. The lowest BCUT2D eigenvalue weighted by atomic mass is 9.86. The Bertz CT molecular complexity index is 461. The van der Waals surface area contributed by atoms with Crippen molar-refractivity contribution in [1.82, 2.24) is 5.32 Å². The van der Waals surface area contributed by atoms with Crippen LogP contribution < -0.4 is 16.8 Å². The molecule has 1 aromatic rings. The van der Waals surface area contributed by atoms with E-state index < -0.39 is 17.4 Å². The van der Waals surface area contributed by atoms with Gasteiger partial charge in [-0.2, -0.15) is 0 Å². The second-order valence-corrected chi connectivity index (χ2v) is 5.69. The van der Waals surface area contributed by atoms with Gasteiger partial charge in [-0.25, -0.2) is 0 Å². The van der Waals surface area contributed by atoms with E-state index in [0.29, 0.717) is 5.69 Å². The number of hydrogen-bond donors (Lipinski definition) is 3. The third-order valence-electron chi connectivity index (χ3n) is 2.80. The summed E-state index contributed by atoms with van der Waals surface area (Å²) in [7, 11) is 0. The molecule has 0 saturated heterocycles. The molecule has 0 bridgehead atoms. The smallest absolute Gasteiger partial charge is 0.240 e. The van der Waals surface area contributed by atoms with Crippen molar-refractivity contribution in [3.05, 3.63) is 29.8 Å². The van der Waals surface area contributed by atoms with Crippen LogP contribution in [-0.2, 0) is 16.0 Å². The number of rotatable bonds is 4. The number of nitrogen functional groups attached to an aromatic ring is 1. The largest absolute Gasteiger partial charge is 0.399 e. The Morgan fingerprint density at radius 1 is 1.21 bits per heavy atom. The number of carbonyl (C=O) groups is 2. The lowest BCUT2D eigenvalue weighted by molar-refractivity contribution is -0.129. The molecule has 1 unspecified atom stereocenters. The molecule has 1 atom stereocenters. The van der Waals surface area contributed by atoms with Gasteiger partial charge in [-0.15, -0.1) is 0 Å². The fourth-order valence-corrected chi connectivity index (χ4v) is 1.75. The maximum absolute atomic E-state index is 11.9. The number of hydrogen-bond acceptors (Lipinski definition) is 3. The number of nitrogens with two attached hydrogens (primary N) is 2. The van der Waals surface area contributed by atoms with Gasteiger partial charge in [-0.3, -0.25) is 9.59 Å². The monoisotopic (exact) mass is 263 g/mol. The zero-order chi connectivity index (χ0) is 14.6. The molecule has 0 aliphatic heterocycles. The van der Waals surface area contributed by atoms with Gasteiger partial charge in [-0.05, 0) is 23.1 Å². The molecule has 0 aliphatic rings. The Morgan fingerprint density at radius 3 is 2.16 bits per heavy atom. The zero-order valence-electron chi connectivity index (χ0n) is 11.6. The van der Waals surface area contributed by atoms with E-state index in [1.807, 2.05) is 20.8 Å². The number of carbonyl (C=O) groups excluding carboxylic acids is 2. The lowest BCUT2D eigenvalue weighted by Crippen LogP contribution is -2.52. The van der Waals surface area contributed by atoms with E-state index in [9.17, 15) is 9.59 Å². The summed E-state index contributed by atoms with van der Waals surface area (Å²) in [4.78, 5) is 23.3. The molecule has 5 N–H and O–H groups in total. The molecule has 104 valence electrons. The van der Waals surface area contributed by atoms with Crippen molar-refractivity contribution in [1.29, 1.82) is 0 Å². The highest BCUT2D eigenvalue weighted by Crippen LogP contribution is 2.19. The molecule has 0 aromatic heterocycles. The summed E-state index contributed by atoms with van der Waals surface area (Å²) in [6.45, 7) is 5.56. The minimum absolute atomic E-state index is 0.195. The lowest BCUT2D eigenvalue weighted by Gasteiger charge is -2.28. The van der Waals surface area contributed by atoms with Crippen molar-refractivity contribution in [2.24, 2.45) is 11.1 Å². The Labute approximate surface area is 113 Å². The molecule has 1 rings (SSSR count). The minimum atomic E-state index is -0.686. The molecule has 0 fully saturated rings. The first kappa shape index (κ1) is 15.0. The van der Waals surface area contributed by atoms with Gasteiger partial charge in [0.05, 0.1) is 6.42 Å². The van der Waals surface area contributed by atoms with E-state index in [0.717, 1.165) is 5.56 Å². The highest BCUT2D eigenvalue weighted by Gasteiger charge is 2.30. The first-order valence-corrected chi connectivity index (χ1v) is 6.13. The van der Waals surface area contributed by atoms with Crippen molar-refractivity contribution in [2.75, 3.05) is 5.73 Å². The average molecular weight is 263 g/mol. The topological polar surface area (TPSA) is 98.2 Å². The number of anilines is 1. The van der Waals surface area contributed by atoms with Crippen LogP contribution in [0.1, 0.15) is 26.3 Å². The number of benzene rings is 1.